The Morgan fingerprint density at radius 1 is 1.03 bits per heavy atom. The summed E-state index contributed by atoms with van der Waals surface area (Å²) < 4.78 is 10.5. The fraction of sp³-hybridized carbons (Fsp3) is 0.0909. The zero-order chi connectivity index (χ0) is 20.2. The summed E-state index contributed by atoms with van der Waals surface area (Å²) in [5.41, 5.74) is 2.62. The molecule has 4 rings (SSSR count). The van der Waals surface area contributed by atoms with Gasteiger partial charge in [0, 0.05) is 17.1 Å². The number of hydrogen-bond acceptors (Lipinski definition) is 4. The van der Waals surface area contributed by atoms with Gasteiger partial charge < -0.3 is 14.8 Å². The van der Waals surface area contributed by atoms with E-state index >= 15 is 0 Å². The number of carbonyl (C=O) groups excluding carboxylic acids is 2. The van der Waals surface area contributed by atoms with Crippen LogP contribution in [0, 0.1) is 0 Å². The van der Waals surface area contributed by atoms with Crippen molar-refractivity contribution in [2.45, 2.75) is 13.2 Å². The van der Waals surface area contributed by atoms with Crippen LogP contribution in [0.25, 0.3) is 0 Å². The van der Waals surface area contributed by atoms with Crippen LogP contribution in [0.1, 0.15) is 21.5 Å². The van der Waals surface area contributed by atoms with Gasteiger partial charge in [0.1, 0.15) is 18.1 Å². The number of para-hydroxylation sites is 1. The second kappa shape index (κ2) is 8.24. The third-order valence-electron chi connectivity index (χ3n) is 4.38. The topological polar surface area (TPSA) is 76.7 Å². The zero-order valence-corrected chi connectivity index (χ0v) is 16.0. The van der Waals surface area contributed by atoms with Gasteiger partial charge in [0.25, 0.3) is 5.91 Å². The lowest BCUT2D eigenvalue weighted by atomic mass is 10.1. The van der Waals surface area contributed by atoms with Gasteiger partial charge in [-0.1, -0.05) is 35.9 Å². The molecule has 0 bridgehead atoms. The number of halogens is 1. The molecule has 3 aromatic carbocycles. The molecule has 0 unspecified atom stereocenters. The van der Waals surface area contributed by atoms with E-state index in [1.54, 1.807) is 36.4 Å². The average molecular weight is 409 g/mol. The van der Waals surface area contributed by atoms with Crippen molar-refractivity contribution in [1.29, 1.82) is 0 Å². The van der Waals surface area contributed by atoms with Crippen molar-refractivity contribution in [2.24, 2.45) is 0 Å². The number of anilines is 1. The molecule has 7 heteroatoms. The number of rotatable bonds is 5. The third-order valence-corrected chi connectivity index (χ3v) is 4.61. The first kappa shape index (κ1) is 18.8. The van der Waals surface area contributed by atoms with Gasteiger partial charge in [0.05, 0.1) is 11.3 Å². The molecule has 1 aliphatic heterocycles. The maximum atomic E-state index is 12.7. The molecule has 6 nitrogen and oxygen atoms in total. The van der Waals surface area contributed by atoms with Crippen LogP contribution in [-0.2, 0) is 13.2 Å². The van der Waals surface area contributed by atoms with Gasteiger partial charge in [-0.15, -0.1) is 0 Å². The number of hydrogen-bond donors (Lipinski definition) is 2. The van der Waals surface area contributed by atoms with Crippen LogP contribution in [-0.4, -0.2) is 12.0 Å². The monoisotopic (exact) mass is 408 g/mol. The number of amides is 2. The molecule has 3 aromatic rings. The lowest BCUT2D eigenvalue weighted by Crippen LogP contribution is -2.26. The van der Waals surface area contributed by atoms with E-state index < -0.39 is 6.09 Å². The molecular formula is C22H17ClN2O4. The Morgan fingerprint density at radius 2 is 1.86 bits per heavy atom. The molecule has 0 saturated carbocycles. The predicted molar refractivity (Wildman–Crippen MR) is 109 cm³/mol. The quantitative estimate of drug-likeness (QED) is 0.637. The summed E-state index contributed by atoms with van der Waals surface area (Å²) in [6.45, 7) is 0.926. The fourth-order valence-electron chi connectivity index (χ4n) is 2.89. The Morgan fingerprint density at radius 3 is 2.59 bits per heavy atom. The maximum Gasteiger partial charge on any atom is 0.417 e. The number of carbonyl (C=O) groups is 2. The molecular weight excluding hydrogens is 392 g/mol. The van der Waals surface area contributed by atoms with Gasteiger partial charge in [-0.2, -0.15) is 0 Å². The standard InChI is InChI=1S/C22H17ClN2O4/c23-16-7-8-19(25-22(27)29-17-4-2-1-3-5-17)18(11-16)21(26)24-12-14-6-9-20-15(10-14)13-28-20/h1-11H,12-13H2,(H,24,26)(H,25,27). The van der Waals surface area contributed by atoms with E-state index in [4.69, 9.17) is 21.1 Å². The first-order valence-electron chi connectivity index (χ1n) is 8.95. The molecule has 0 spiro atoms. The van der Waals surface area contributed by atoms with Gasteiger partial charge in [-0.05, 0) is 48.0 Å². The van der Waals surface area contributed by atoms with Crippen LogP contribution in [0.4, 0.5) is 10.5 Å². The molecule has 0 atom stereocenters. The Hall–Kier alpha value is -3.51. The Bertz CT molecular complexity index is 1070. The number of fused-ring (bicyclic) bond motifs is 1. The molecule has 0 fully saturated rings. The summed E-state index contributed by atoms with van der Waals surface area (Å²) in [6, 6.07) is 19.1. The lowest BCUT2D eigenvalue weighted by Gasteiger charge is -2.20. The van der Waals surface area contributed by atoms with Crippen molar-refractivity contribution in [3.63, 3.8) is 0 Å². The summed E-state index contributed by atoms with van der Waals surface area (Å²) >= 11 is 6.05. The number of ether oxygens (including phenoxy) is 2. The van der Waals surface area contributed by atoms with Crippen molar-refractivity contribution in [3.05, 3.63) is 88.4 Å². The van der Waals surface area contributed by atoms with Gasteiger partial charge in [-0.25, -0.2) is 4.79 Å². The second-order valence-electron chi connectivity index (χ2n) is 6.43. The molecule has 146 valence electrons. The largest absolute Gasteiger partial charge is 0.488 e. The Labute approximate surface area is 172 Å². The highest BCUT2D eigenvalue weighted by Gasteiger charge is 2.17. The molecule has 0 aliphatic carbocycles. The van der Waals surface area contributed by atoms with Crippen molar-refractivity contribution in [2.75, 3.05) is 5.32 Å². The van der Waals surface area contributed by atoms with E-state index in [9.17, 15) is 9.59 Å². The number of benzene rings is 3. The third kappa shape index (κ3) is 4.50. The smallest absolute Gasteiger partial charge is 0.417 e. The van der Waals surface area contributed by atoms with E-state index in [1.807, 2.05) is 24.3 Å². The summed E-state index contributed by atoms with van der Waals surface area (Å²) in [5, 5.41) is 5.82. The van der Waals surface area contributed by atoms with Gasteiger partial charge in [0.2, 0.25) is 0 Å². The SMILES string of the molecule is O=C(Nc1ccc(Cl)cc1C(=O)NCc1ccc2c(c1)CO2)Oc1ccccc1. The van der Waals surface area contributed by atoms with Crippen LogP contribution in [0.2, 0.25) is 5.02 Å². The minimum Gasteiger partial charge on any atom is -0.488 e. The van der Waals surface area contributed by atoms with E-state index in [-0.39, 0.29) is 11.5 Å². The highest BCUT2D eigenvalue weighted by Crippen LogP contribution is 2.29. The minimum absolute atomic E-state index is 0.245. The molecule has 2 N–H and O–H groups in total. The van der Waals surface area contributed by atoms with Crippen molar-refractivity contribution in [3.8, 4) is 11.5 Å². The molecule has 1 aliphatic rings. The van der Waals surface area contributed by atoms with Crippen LogP contribution in [0.3, 0.4) is 0 Å². The Kier molecular flexibility index (Phi) is 5.35. The number of nitrogens with one attached hydrogen (secondary N) is 2. The van der Waals surface area contributed by atoms with Gasteiger partial charge in [-0.3, -0.25) is 10.1 Å². The fourth-order valence-corrected chi connectivity index (χ4v) is 3.07. The zero-order valence-electron chi connectivity index (χ0n) is 15.3. The van der Waals surface area contributed by atoms with E-state index in [0.29, 0.717) is 29.6 Å². The Balaban J connectivity index is 1.44. The second-order valence-corrected chi connectivity index (χ2v) is 6.87. The van der Waals surface area contributed by atoms with Crippen LogP contribution < -0.4 is 20.1 Å². The molecule has 0 radical (unpaired) electrons. The van der Waals surface area contributed by atoms with Crippen LogP contribution in [0.15, 0.2) is 66.7 Å². The first-order valence-corrected chi connectivity index (χ1v) is 9.32. The van der Waals surface area contributed by atoms with E-state index in [1.165, 1.54) is 6.07 Å². The van der Waals surface area contributed by atoms with Crippen molar-refractivity contribution < 1.29 is 19.1 Å². The van der Waals surface area contributed by atoms with Crippen LogP contribution >= 0.6 is 11.6 Å². The first-order chi connectivity index (χ1) is 14.1. The van der Waals surface area contributed by atoms with Crippen LogP contribution in [0.5, 0.6) is 11.5 Å². The van der Waals surface area contributed by atoms with E-state index in [0.717, 1.165) is 16.9 Å². The van der Waals surface area contributed by atoms with E-state index in [2.05, 4.69) is 10.6 Å². The molecule has 1 heterocycles. The highest BCUT2D eigenvalue weighted by atomic mass is 35.5. The predicted octanol–water partition coefficient (Wildman–Crippen LogP) is 4.77. The molecule has 0 saturated heterocycles. The van der Waals surface area contributed by atoms with Crippen molar-refractivity contribution in [1.82, 2.24) is 5.32 Å². The summed E-state index contributed by atoms with van der Waals surface area (Å²) in [6.07, 6.45) is -0.699. The van der Waals surface area contributed by atoms with Gasteiger partial charge >= 0.3 is 6.09 Å². The summed E-state index contributed by atoms with van der Waals surface area (Å²) in [4.78, 5) is 24.9. The molecule has 2 amide bonds. The summed E-state index contributed by atoms with van der Waals surface area (Å²) in [5.74, 6) is 0.911. The van der Waals surface area contributed by atoms with Crippen molar-refractivity contribution >= 4 is 29.3 Å². The molecule has 29 heavy (non-hydrogen) atoms. The normalized spacial score (nSPS) is 11.5. The lowest BCUT2D eigenvalue weighted by molar-refractivity contribution is 0.0951. The summed E-state index contributed by atoms with van der Waals surface area (Å²) in [7, 11) is 0. The maximum absolute atomic E-state index is 12.7. The van der Waals surface area contributed by atoms with Gasteiger partial charge in [0.15, 0.2) is 0 Å². The molecule has 0 aromatic heterocycles. The minimum atomic E-state index is -0.699. The highest BCUT2D eigenvalue weighted by molar-refractivity contribution is 6.31. The average Bonchev–Trinajstić information content (AvgIpc) is 2.70.